The Morgan fingerprint density at radius 3 is 2.66 bits per heavy atom. The molecule has 150 valence electrons. The van der Waals surface area contributed by atoms with Gasteiger partial charge in [-0.1, -0.05) is 55.5 Å². The molecule has 3 aromatic carbocycles. The normalized spacial score (nSPS) is 13.9. The van der Waals surface area contributed by atoms with E-state index in [0.29, 0.717) is 25.2 Å². The topological polar surface area (TPSA) is 66.5 Å². The highest BCUT2D eigenvalue weighted by atomic mass is 32.2. The van der Waals surface area contributed by atoms with Crippen LogP contribution in [0.25, 0.3) is 10.8 Å². The maximum Gasteiger partial charge on any atom is 0.236 e. The highest BCUT2D eigenvalue weighted by Crippen LogP contribution is 2.25. The van der Waals surface area contributed by atoms with Crippen molar-refractivity contribution < 1.29 is 13.2 Å². The third-order valence-electron chi connectivity index (χ3n) is 5.37. The first-order chi connectivity index (χ1) is 13.9. The van der Waals surface area contributed by atoms with Crippen molar-refractivity contribution in [2.24, 2.45) is 0 Å². The number of fused-ring (bicyclic) bond motifs is 2. The second kappa shape index (κ2) is 7.87. The number of carbonyl (C=O) groups excluding carboxylic acids is 1. The van der Waals surface area contributed by atoms with Gasteiger partial charge < -0.3 is 4.90 Å². The van der Waals surface area contributed by atoms with E-state index in [0.717, 1.165) is 28.3 Å². The molecule has 6 heteroatoms. The molecule has 1 aliphatic heterocycles. The zero-order valence-electron chi connectivity index (χ0n) is 16.4. The molecule has 1 aliphatic rings. The Bertz CT molecular complexity index is 1170. The van der Waals surface area contributed by atoms with Crippen LogP contribution < -0.4 is 4.72 Å². The highest BCUT2D eigenvalue weighted by molar-refractivity contribution is 7.91. The molecular formula is C23H24N2O3S. The minimum Gasteiger partial charge on any atom is -0.338 e. The van der Waals surface area contributed by atoms with Crippen LogP contribution in [-0.2, 0) is 33.5 Å². The van der Waals surface area contributed by atoms with Gasteiger partial charge in [0, 0.05) is 25.2 Å². The largest absolute Gasteiger partial charge is 0.338 e. The number of carbonyl (C=O) groups is 1. The van der Waals surface area contributed by atoms with E-state index in [1.807, 2.05) is 66.4 Å². The van der Waals surface area contributed by atoms with Gasteiger partial charge in [0.05, 0.1) is 5.75 Å². The molecular weight excluding hydrogens is 384 g/mol. The molecule has 29 heavy (non-hydrogen) atoms. The summed E-state index contributed by atoms with van der Waals surface area (Å²) < 4.78 is 28.4. The summed E-state index contributed by atoms with van der Waals surface area (Å²) in [5.74, 6) is 0.0314. The van der Waals surface area contributed by atoms with E-state index in [1.165, 1.54) is 5.56 Å². The molecule has 4 rings (SSSR count). The van der Waals surface area contributed by atoms with Crippen molar-refractivity contribution in [3.8, 4) is 0 Å². The lowest BCUT2D eigenvalue weighted by atomic mass is 9.99. The van der Waals surface area contributed by atoms with Gasteiger partial charge in [0.25, 0.3) is 0 Å². The van der Waals surface area contributed by atoms with Crippen molar-refractivity contribution in [3.63, 3.8) is 0 Å². The molecule has 0 spiro atoms. The van der Waals surface area contributed by atoms with Crippen LogP contribution in [0.2, 0.25) is 0 Å². The van der Waals surface area contributed by atoms with Crippen LogP contribution in [0.1, 0.15) is 30.0 Å². The van der Waals surface area contributed by atoms with Crippen LogP contribution in [0.15, 0.2) is 60.7 Å². The zero-order valence-corrected chi connectivity index (χ0v) is 17.2. The van der Waals surface area contributed by atoms with Crippen LogP contribution in [0.3, 0.4) is 0 Å². The number of rotatable bonds is 5. The summed E-state index contributed by atoms with van der Waals surface area (Å²) >= 11 is 0. The van der Waals surface area contributed by atoms with Crippen LogP contribution >= 0.6 is 0 Å². The molecule has 0 aromatic heterocycles. The molecule has 0 unspecified atom stereocenters. The third kappa shape index (κ3) is 4.27. The number of anilines is 1. The Morgan fingerprint density at radius 2 is 1.83 bits per heavy atom. The highest BCUT2D eigenvalue weighted by Gasteiger charge is 2.21. The average Bonchev–Trinajstić information content (AvgIpc) is 2.72. The Morgan fingerprint density at radius 1 is 1.03 bits per heavy atom. The summed E-state index contributed by atoms with van der Waals surface area (Å²) in [6.07, 6.45) is 1.27. The van der Waals surface area contributed by atoms with Gasteiger partial charge in [0.1, 0.15) is 0 Å². The number of nitrogens with one attached hydrogen (secondary N) is 1. The number of benzene rings is 3. The fraction of sp³-hybridized carbons (Fsp3) is 0.261. The van der Waals surface area contributed by atoms with E-state index < -0.39 is 10.0 Å². The van der Waals surface area contributed by atoms with E-state index >= 15 is 0 Å². The van der Waals surface area contributed by atoms with Gasteiger partial charge in [0.2, 0.25) is 15.9 Å². The molecule has 0 saturated heterocycles. The van der Waals surface area contributed by atoms with Gasteiger partial charge in [-0.25, -0.2) is 8.42 Å². The number of sulfonamides is 1. The predicted molar refractivity (Wildman–Crippen MR) is 116 cm³/mol. The molecule has 0 atom stereocenters. The van der Waals surface area contributed by atoms with Gasteiger partial charge >= 0.3 is 0 Å². The molecule has 1 amide bonds. The monoisotopic (exact) mass is 408 g/mol. The summed E-state index contributed by atoms with van der Waals surface area (Å²) in [6, 6.07) is 19.1. The maximum absolute atomic E-state index is 12.8. The molecule has 0 fully saturated rings. The minimum absolute atomic E-state index is 0.0914. The SMILES string of the molecule is CCC(=O)N1CCc2ccc(NS(=O)(=O)Cc3cccc4ccccc34)cc2C1. The molecule has 1 heterocycles. The lowest BCUT2D eigenvalue weighted by Crippen LogP contribution is -2.35. The van der Waals surface area contributed by atoms with Gasteiger partial charge in [0.15, 0.2) is 0 Å². The van der Waals surface area contributed by atoms with E-state index in [-0.39, 0.29) is 11.7 Å². The van der Waals surface area contributed by atoms with E-state index in [9.17, 15) is 13.2 Å². The van der Waals surface area contributed by atoms with E-state index in [4.69, 9.17) is 0 Å². The zero-order chi connectivity index (χ0) is 20.4. The molecule has 0 aliphatic carbocycles. The van der Waals surface area contributed by atoms with Crippen molar-refractivity contribution >= 4 is 32.4 Å². The van der Waals surface area contributed by atoms with Crippen molar-refractivity contribution in [2.45, 2.75) is 32.1 Å². The smallest absolute Gasteiger partial charge is 0.236 e. The number of hydrogen-bond donors (Lipinski definition) is 1. The molecule has 0 radical (unpaired) electrons. The number of nitrogens with zero attached hydrogens (tertiary/aromatic N) is 1. The Labute approximate surface area is 171 Å². The second-order valence-corrected chi connectivity index (χ2v) is 9.12. The van der Waals surface area contributed by atoms with E-state index in [2.05, 4.69) is 4.72 Å². The minimum atomic E-state index is -3.57. The standard InChI is InChI=1S/C23H24N2O3S/c1-2-23(26)25-13-12-17-10-11-21(14-20(17)15-25)24-29(27,28)16-19-8-5-7-18-6-3-4-9-22(18)19/h3-11,14,24H,2,12-13,15-16H2,1H3. The molecule has 1 N–H and O–H groups in total. The average molecular weight is 409 g/mol. The lowest BCUT2D eigenvalue weighted by Gasteiger charge is -2.29. The van der Waals surface area contributed by atoms with Crippen LogP contribution in [0.4, 0.5) is 5.69 Å². The summed E-state index contributed by atoms with van der Waals surface area (Å²) in [5.41, 5.74) is 3.48. The number of amides is 1. The Hall–Kier alpha value is -2.86. The van der Waals surface area contributed by atoms with Crippen LogP contribution in [-0.4, -0.2) is 25.8 Å². The van der Waals surface area contributed by atoms with Gasteiger partial charge in [-0.15, -0.1) is 0 Å². The predicted octanol–water partition coefficient (Wildman–Crippen LogP) is 4.08. The van der Waals surface area contributed by atoms with Crippen LogP contribution in [0, 0.1) is 0 Å². The van der Waals surface area contributed by atoms with Gasteiger partial charge in [-0.2, -0.15) is 0 Å². The Balaban J connectivity index is 1.55. The van der Waals surface area contributed by atoms with E-state index in [1.54, 1.807) is 6.07 Å². The van der Waals surface area contributed by atoms with Crippen molar-refractivity contribution in [1.29, 1.82) is 0 Å². The molecule has 0 saturated carbocycles. The summed E-state index contributed by atoms with van der Waals surface area (Å²) in [5, 5.41) is 1.97. The number of hydrogen-bond acceptors (Lipinski definition) is 3. The van der Waals surface area contributed by atoms with Crippen molar-refractivity contribution in [2.75, 3.05) is 11.3 Å². The fourth-order valence-electron chi connectivity index (χ4n) is 3.90. The summed E-state index contributed by atoms with van der Waals surface area (Å²) in [4.78, 5) is 13.8. The maximum atomic E-state index is 12.8. The van der Waals surface area contributed by atoms with Crippen molar-refractivity contribution in [3.05, 3.63) is 77.4 Å². The van der Waals surface area contributed by atoms with Crippen molar-refractivity contribution in [1.82, 2.24) is 4.90 Å². The summed E-state index contributed by atoms with van der Waals surface area (Å²) in [7, 11) is -3.57. The van der Waals surface area contributed by atoms with Gasteiger partial charge in [-0.05, 0) is 46.0 Å². The summed E-state index contributed by atoms with van der Waals surface area (Å²) in [6.45, 7) is 3.10. The first-order valence-corrected chi connectivity index (χ1v) is 11.5. The Kier molecular flexibility index (Phi) is 5.28. The second-order valence-electron chi connectivity index (χ2n) is 7.40. The fourth-order valence-corrected chi connectivity index (χ4v) is 5.12. The molecule has 5 nitrogen and oxygen atoms in total. The first-order valence-electron chi connectivity index (χ1n) is 9.82. The van der Waals surface area contributed by atoms with Crippen LogP contribution in [0.5, 0.6) is 0 Å². The lowest BCUT2D eigenvalue weighted by molar-refractivity contribution is -0.131. The third-order valence-corrected chi connectivity index (χ3v) is 6.61. The molecule has 0 bridgehead atoms. The quantitative estimate of drug-likeness (QED) is 0.692. The first kappa shape index (κ1) is 19.5. The molecule has 3 aromatic rings. The van der Waals surface area contributed by atoms with Gasteiger partial charge in [-0.3, -0.25) is 9.52 Å².